The van der Waals surface area contributed by atoms with Crippen LogP contribution in [0.2, 0.25) is 0 Å². The van der Waals surface area contributed by atoms with Crippen molar-refractivity contribution in [2.45, 2.75) is 51.4 Å². The lowest BCUT2D eigenvalue weighted by atomic mass is 9.93. The number of alkyl halides is 1. The first-order valence-electron chi connectivity index (χ1n) is 7.53. The van der Waals surface area contributed by atoms with Gasteiger partial charge in [0, 0.05) is 19.0 Å². The topological polar surface area (TPSA) is 122 Å². The molecule has 0 aromatic rings. The number of hydrogen-bond donors (Lipinski definition) is 5. The van der Waals surface area contributed by atoms with E-state index in [1.165, 1.54) is 4.90 Å². The van der Waals surface area contributed by atoms with Crippen molar-refractivity contribution in [2.75, 3.05) is 25.6 Å². The molecular formula is C14H27ClN2O6. The highest BCUT2D eigenvalue weighted by molar-refractivity contribution is 6.18. The zero-order valence-corrected chi connectivity index (χ0v) is 14.4. The van der Waals surface area contributed by atoms with Crippen molar-refractivity contribution < 1.29 is 30.0 Å². The summed E-state index contributed by atoms with van der Waals surface area (Å²) in [6, 6.07) is -0.509. The zero-order chi connectivity index (χ0) is 17.8. The zero-order valence-electron chi connectivity index (χ0n) is 13.6. The number of rotatable bonds is 5. The summed E-state index contributed by atoms with van der Waals surface area (Å²) in [4.78, 5) is 13.6. The summed E-state index contributed by atoms with van der Waals surface area (Å²) >= 11 is 5.57. The van der Waals surface area contributed by atoms with Crippen molar-refractivity contribution in [3.05, 3.63) is 0 Å². The number of nitrogens with zero attached hydrogens (tertiary/aromatic N) is 1. The molecule has 0 bridgehead atoms. The molecule has 0 saturated carbocycles. The van der Waals surface area contributed by atoms with E-state index in [2.05, 4.69) is 5.32 Å². The van der Waals surface area contributed by atoms with Crippen LogP contribution in [0.15, 0.2) is 0 Å². The van der Waals surface area contributed by atoms with Crippen LogP contribution in [0.4, 0.5) is 4.79 Å². The smallest absolute Gasteiger partial charge is 0.319 e. The van der Waals surface area contributed by atoms with E-state index in [9.17, 15) is 25.2 Å². The van der Waals surface area contributed by atoms with Crippen molar-refractivity contribution >= 4 is 17.6 Å². The number of urea groups is 1. The molecule has 1 aliphatic rings. The third kappa shape index (κ3) is 5.44. The predicted octanol–water partition coefficient (Wildman–Crippen LogP) is -0.917. The van der Waals surface area contributed by atoms with E-state index < -0.39 is 43.3 Å². The molecule has 136 valence electrons. The Hall–Kier alpha value is -0.640. The molecular weight excluding hydrogens is 328 g/mol. The number of halogens is 1. The minimum atomic E-state index is -1.53. The van der Waals surface area contributed by atoms with E-state index in [0.29, 0.717) is 0 Å². The molecule has 0 aromatic heterocycles. The van der Waals surface area contributed by atoms with Gasteiger partial charge in [-0.1, -0.05) is 20.8 Å². The van der Waals surface area contributed by atoms with E-state index in [-0.39, 0.29) is 24.4 Å². The van der Waals surface area contributed by atoms with Gasteiger partial charge >= 0.3 is 6.03 Å². The van der Waals surface area contributed by atoms with E-state index in [0.717, 1.165) is 0 Å². The van der Waals surface area contributed by atoms with Crippen LogP contribution in [0, 0.1) is 5.41 Å². The fraction of sp³-hybridized carbons (Fsp3) is 0.929. The largest absolute Gasteiger partial charge is 0.394 e. The van der Waals surface area contributed by atoms with Gasteiger partial charge in [-0.3, -0.25) is 4.90 Å². The summed E-state index contributed by atoms with van der Waals surface area (Å²) < 4.78 is 5.46. The monoisotopic (exact) mass is 354 g/mol. The molecule has 5 N–H and O–H groups in total. The summed E-state index contributed by atoms with van der Waals surface area (Å²) in [7, 11) is 0. The van der Waals surface area contributed by atoms with Crippen LogP contribution >= 0.6 is 11.6 Å². The van der Waals surface area contributed by atoms with Gasteiger partial charge in [-0.05, 0) is 5.41 Å². The summed E-state index contributed by atoms with van der Waals surface area (Å²) in [6.45, 7) is 5.62. The van der Waals surface area contributed by atoms with Crippen LogP contribution < -0.4 is 5.32 Å². The Bertz CT molecular complexity index is 390. The lowest BCUT2D eigenvalue weighted by Gasteiger charge is -2.45. The first-order valence-corrected chi connectivity index (χ1v) is 8.06. The molecule has 9 heteroatoms. The molecule has 8 nitrogen and oxygen atoms in total. The van der Waals surface area contributed by atoms with Gasteiger partial charge in [0.05, 0.1) is 6.61 Å². The second-order valence-corrected chi connectivity index (χ2v) is 7.21. The molecule has 1 heterocycles. The molecule has 0 radical (unpaired) electrons. The molecule has 23 heavy (non-hydrogen) atoms. The van der Waals surface area contributed by atoms with Crippen molar-refractivity contribution in [1.82, 2.24) is 10.2 Å². The van der Waals surface area contributed by atoms with Crippen LogP contribution in [0.5, 0.6) is 0 Å². The fourth-order valence-corrected chi connectivity index (χ4v) is 2.48. The molecule has 0 spiro atoms. The van der Waals surface area contributed by atoms with E-state index in [1.54, 1.807) is 0 Å². The van der Waals surface area contributed by atoms with Gasteiger partial charge in [0.2, 0.25) is 0 Å². The highest BCUT2D eigenvalue weighted by atomic mass is 35.5. The summed E-state index contributed by atoms with van der Waals surface area (Å²) in [5, 5.41) is 41.8. The second-order valence-electron chi connectivity index (χ2n) is 6.83. The summed E-state index contributed by atoms with van der Waals surface area (Å²) in [5.74, 6) is 0.226. The van der Waals surface area contributed by atoms with Crippen molar-refractivity contribution in [1.29, 1.82) is 0 Å². The second kappa shape index (κ2) is 8.46. The predicted molar refractivity (Wildman–Crippen MR) is 84.0 cm³/mol. The Kier molecular flexibility index (Phi) is 7.50. The highest BCUT2D eigenvalue weighted by Gasteiger charge is 2.47. The maximum atomic E-state index is 12.4. The van der Waals surface area contributed by atoms with Gasteiger partial charge in [0.25, 0.3) is 0 Å². The maximum Gasteiger partial charge on any atom is 0.319 e. The van der Waals surface area contributed by atoms with Gasteiger partial charge in [-0.25, -0.2) is 4.79 Å². The first-order chi connectivity index (χ1) is 10.6. The summed E-state index contributed by atoms with van der Waals surface area (Å²) in [6.07, 6.45) is -6.76. The van der Waals surface area contributed by atoms with Crippen LogP contribution in [0.25, 0.3) is 0 Å². The van der Waals surface area contributed by atoms with Crippen molar-refractivity contribution in [3.8, 4) is 0 Å². The average molecular weight is 355 g/mol. The van der Waals surface area contributed by atoms with E-state index in [1.807, 2.05) is 20.8 Å². The van der Waals surface area contributed by atoms with Crippen LogP contribution in [0.3, 0.4) is 0 Å². The van der Waals surface area contributed by atoms with Crippen LogP contribution in [-0.4, -0.2) is 87.6 Å². The number of amides is 2. The Morgan fingerprint density at radius 2 is 1.83 bits per heavy atom. The average Bonchev–Trinajstić information content (AvgIpc) is 2.48. The van der Waals surface area contributed by atoms with Gasteiger partial charge in [-0.2, -0.15) is 0 Å². The van der Waals surface area contributed by atoms with Crippen molar-refractivity contribution in [2.24, 2.45) is 5.41 Å². The Labute approximate surface area is 141 Å². The van der Waals surface area contributed by atoms with Crippen LogP contribution in [-0.2, 0) is 4.74 Å². The molecule has 1 saturated heterocycles. The molecule has 1 fully saturated rings. The maximum absolute atomic E-state index is 12.4. The fourth-order valence-electron chi connectivity index (χ4n) is 2.38. The third-order valence-electron chi connectivity index (χ3n) is 3.45. The minimum absolute atomic E-state index is 0.226. The van der Waals surface area contributed by atoms with Gasteiger partial charge < -0.3 is 30.5 Å². The molecule has 1 aliphatic heterocycles. The van der Waals surface area contributed by atoms with Crippen LogP contribution in [0.1, 0.15) is 20.8 Å². The highest BCUT2D eigenvalue weighted by Crippen LogP contribution is 2.26. The summed E-state index contributed by atoms with van der Waals surface area (Å²) in [5.41, 5.74) is -0.308. The van der Waals surface area contributed by atoms with E-state index >= 15 is 0 Å². The Morgan fingerprint density at radius 1 is 1.22 bits per heavy atom. The van der Waals surface area contributed by atoms with Gasteiger partial charge in [0.1, 0.15) is 24.4 Å². The Balaban J connectivity index is 3.00. The number of aliphatic hydroxyl groups excluding tert-OH is 4. The number of hydrogen-bond acceptors (Lipinski definition) is 6. The number of carbonyl (C=O) groups is 1. The number of carbonyl (C=O) groups excluding carboxylic acids is 1. The molecule has 1 unspecified atom stereocenters. The molecule has 0 aromatic carbocycles. The Morgan fingerprint density at radius 3 is 2.30 bits per heavy atom. The lowest BCUT2D eigenvalue weighted by Crippen LogP contribution is -2.65. The SMILES string of the molecule is CC(C)(C)CN(C(=O)NCCCl)C1O[C@H](CO)[C@H](O)[C@H](O)[C@H]1O. The van der Waals surface area contributed by atoms with Crippen molar-refractivity contribution in [3.63, 3.8) is 0 Å². The van der Waals surface area contributed by atoms with Gasteiger partial charge in [-0.15, -0.1) is 11.6 Å². The molecule has 1 rings (SSSR count). The van der Waals surface area contributed by atoms with E-state index in [4.69, 9.17) is 16.3 Å². The molecule has 0 aliphatic carbocycles. The number of ether oxygens (including phenoxy) is 1. The minimum Gasteiger partial charge on any atom is -0.394 e. The normalized spacial score (nSPS) is 31.7. The lowest BCUT2D eigenvalue weighted by molar-refractivity contribution is -0.259. The molecule has 2 amide bonds. The number of nitrogens with one attached hydrogen (secondary N) is 1. The number of aliphatic hydroxyl groups is 4. The third-order valence-corrected chi connectivity index (χ3v) is 3.64. The first kappa shape index (κ1) is 20.4. The van der Waals surface area contributed by atoms with Gasteiger partial charge in [0.15, 0.2) is 6.23 Å². The standard InChI is InChI=1S/C14H27ClN2O6/c1-14(2,3)7-17(13(22)16-5-4-15)12-11(21)10(20)9(19)8(6-18)23-12/h8-12,18-21H,4-7H2,1-3H3,(H,16,22)/t8-,9+,10+,11-,12?/m1/s1. The molecule has 5 atom stereocenters. The quantitative estimate of drug-likeness (QED) is 0.407.